The monoisotopic (exact) mass is 330 g/mol. The molecule has 0 N–H and O–H groups in total. The molecule has 1 heterocycles. The second-order valence-corrected chi connectivity index (χ2v) is 5.97. The molecule has 0 radical (unpaired) electrons. The van der Waals surface area contributed by atoms with Gasteiger partial charge in [0.2, 0.25) is 0 Å². The average Bonchev–Trinajstić information content (AvgIpc) is 2.90. The molecule has 0 saturated carbocycles. The topological polar surface area (TPSA) is 26.3 Å². The molecule has 0 aromatic heterocycles. The molecule has 0 bridgehead atoms. The summed E-state index contributed by atoms with van der Waals surface area (Å²) >= 11 is 3.53. The molecule has 0 atom stereocenters. The zero-order valence-electron chi connectivity index (χ0n) is 11.5. The lowest BCUT2D eigenvalue weighted by Crippen LogP contribution is -2.03. The van der Waals surface area contributed by atoms with Crippen molar-refractivity contribution in [2.24, 2.45) is 0 Å². The van der Waals surface area contributed by atoms with Gasteiger partial charge in [-0.05, 0) is 60.9 Å². The van der Waals surface area contributed by atoms with E-state index in [1.165, 1.54) is 0 Å². The molecule has 102 valence electrons. The van der Waals surface area contributed by atoms with Crippen LogP contribution in [-0.4, -0.2) is 12.4 Å². The summed E-state index contributed by atoms with van der Waals surface area (Å²) in [6, 6.07) is 9.57. The van der Waals surface area contributed by atoms with Gasteiger partial charge in [-0.2, -0.15) is 0 Å². The lowest BCUT2D eigenvalue weighted by Gasteiger charge is -2.08. The van der Waals surface area contributed by atoms with Crippen LogP contribution in [0.2, 0.25) is 0 Å². The first-order valence-corrected chi connectivity index (χ1v) is 7.43. The molecule has 1 aliphatic rings. The maximum Gasteiger partial charge on any atom is 0.193 e. The molecular weight excluding hydrogens is 316 g/mol. The van der Waals surface area contributed by atoms with Crippen LogP contribution in [0.1, 0.15) is 32.6 Å². The predicted molar refractivity (Wildman–Crippen MR) is 82.7 cm³/mol. The molecule has 1 aliphatic heterocycles. The van der Waals surface area contributed by atoms with Crippen LogP contribution in [0, 0.1) is 13.8 Å². The van der Waals surface area contributed by atoms with Gasteiger partial charge < -0.3 is 4.74 Å². The van der Waals surface area contributed by atoms with Gasteiger partial charge >= 0.3 is 0 Å². The number of halogens is 1. The SMILES string of the molecule is Cc1cc(C(=O)c2ccc3c(c2)CCO3)cc(C)c1Br. The predicted octanol–water partition coefficient (Wildman–Crippen LogP) is 4.23. The summed E-state index contributed by atoms with van der Waals surface area (Å²) in [4.78, 5) is 12.6. The van der Waals surface area contributed by atoms with E-state index in [-0.39, 0.29) is 5.78 Å². The highest BCUT2D eigenvalue weighted by molar-refractivity contribution is 9.10. The van der Waals surface area contributed by atoms with Crippen LogP contribution in [0.5, 0.6) is 5.75 Å². The largest absolute Gasteiger partial charge is 0.493 e. The summed E-state index contributed by atoms with van der Waals surface area (Å²) in [5.74, 6) is 0.975. The van der Waals surface area contributed by atoms with Crippen molar-refractivity contribution in [3.8, 4) is 5.75 Å². The Morgan fingerprint density at radius 1 is 1.10 bits per heavy atom. The molecule has 0 spiro atoms. The van der Waals surface area contributed by atoms with E-state index < -0.39 is 0 Å². The highest BCUT2D eigenvalue weighted by Gasteiger charge is 2.17. The van der Waals surface area contributed by atoms with Crippen molar-refractivity contribution in [2.75, 3.05) is 6.61 Å². The summed E-state index contributed by atoms with van der Waals surface area (Å²) in [5.41, 5.74) is 4.76. The van der Waals surface area contributed by atoms with Crippen molar-refractivity contribution in [3.05, 3.63) is 62.6 Å². The number of hydrogen-bond donors (Lipinski definition) is 0. The number of fused-ring (bicyclic) bond motifs is 1. The minimum absolute atomic E-state index is 0.0680. The average molecular weight is 331 g/mol. The van der Waals surface area contributed by atoms with Gasteiger partial charge in [-0.25, -0.2) is 0 Å². The first-order valence-electron chi connectivity index (χ1n) is 6.63. The summed E-state index contributed by atoms with van der Waals surface area (Å²) in [6.45, 7) is 4.72. The van der Waals surface area contributed by atoms with Crippen LogP contribution in [-0.2, 0) is 6.42 Å². The number of benzene rings is 2. The van der Waals surface area contributed by atoms with Crippen molar-refractivity contribution in [1.82, 2.24) is 0 Å². The highest BCUT2D eigenvalue weighted by atomic mass is 79.9. The van der Waals surface area contributed by atoms with Crippen LogP contribution in [0.25, 0.3) is 0 Å². The number of ether oxygens (including phenoxy) is 1. The first kappa shape index (κ1) is 13.4. The molecule has 0 saturated heterocycles. The molecule has 2 aromatic rings. The third kappa shape index (κ3) is 2.27. The van der Waals surface area contributed by atoms with Crippen LogP contribution in [0.15, 0.2) is 34.8 Å². The lowest BCUT2D eigenvalue weighted by atomic mass is 9.98. The Morgan fingerprint density at radius 3 is 2.50 bits per heavy atom. The van der Waals surface area contributed by atoms with Gasteiger partial charge in [-0.3, -0.25) is 4.79 Å². The fraction of sp³-hybridized carbons (Fsp3) is 0.235. The van der Waals surface area contributed by atoms with E-state index in [1.54, 1.807) is 0 Å². The second kappa shape index (κ2) is 5.06. The van der Waals surface area contributed by atoms with E-state index in [4.69, 9.17) is 4.74 Å². The van der Waals surface area contributed by atoms with Crippen LogP contribution < -0.4 is 4.74 Å². The van der Waals surface area contributed by atoms with Gasteiger partial charge in [0.05, 0.1) is 6.61 Å². The second-order valence-electron chi connectivity index (χ2n) is 5.17. The molecular formula is C17H15BrO2. The van der Waals surface area contributed by atoms with Gasteiger partial charge in [0.25, 0.3) is 0 Å². The summed E-state index contributed by atoms with van der Waals surface area (Å²) < 4.78 is 6.54. The van der Waals surface area contributed by atoms with Crippen molar-refractivity contribution in [2.45, 2.75) is 20.3 Å². The van der Waals surface area contributed by atoms with E-state index in [2.05, 4.69) is 15.9 Å². The molecule has 0 fully saturated rings. The van der Waals surface area contributed by atoms with Gasteiger partial charge in [-0.15, -0.1) is 0 Å². The molecule has 3 heteroatoms. The molecule has 0 amide bonds. The van der Waals surface area contributed by atoms with E-state index in [0.717, 1.165) is 44.5 Å². The maximum atomic E-state index is 12.6. The van der Waals surface area contributed by atoms with Crippen molar-refractivity contribution in [1.29, 1.82) is 0 Å². The summed E-state index contributed by atoms with van der Waals surface area (Å²) in [7, 11) is 0. The molecule has 3 rings (SSSR count). The maximum absolute atomic E-state index is 12.6. The standard InChI is InChI=1S/C17H15BrO2/c1-10-7-14(8-11(2)16(10)18)17(19)13-3-4-15-12(9-13)5-6-20-15/h3-4,7-9H,5-6H2,1-2H3. The molecule has 0 aliphatic carbocycles. The van der Waals surface area contributed by atoms with Gasteiger partial charge in [0, 0.05) is 22.0 Å². The minimum Gasteiger partial charge on any atom is -0.493 e. The summed E-state index contributed by atoms with van der Waals surface area (Å²) in [5, 5.41) is 0. The summed E-state index contributed by atoms with van der Waals surface area (Å²) in [6.07, 6.45) is 0.884. The Morgan fingerprint density at radius 2 is 1.80 bits per heavy atom. The number of carbonyl (C=O) groups excluding carboxylic acids is 1. The minimum atomic E-state index is 0.0680. The Kier molecular flexibility index (Phi) is 3.38. The molecule has 20 heavy (non-hydrogen) atoms. The van der Waals surface area contributed by atoms with E-state index in [1.807, 2.05) is 44.2 Å². The number of carbonyl (C=O) groups is 1. The zero-order chi connectivity index (χ0) is 14.3. The number of ketones is 1. The number of hydrogen-bond acceptors (Lipinski definition) is 2. The normalized spacial score (nSPS) is 12.9. The fourth-order valence-electron chi connectivity index (χ4n) is 2.57. The number of aryl methyl sites for hydroxylation is 2. The van der Waals surface area contributed by atoms with Crippen molar-refractivity contribution < 1.29 is 9.53 Å². The smallest absolute Gasteiger partial charge is 0.193 e. The Labute approximate surface area is 126 Å². The lowest BCUT2D eigenvalue weighted by molar-refractivity contribution is 0.103. The molecule has 2 aromatic carbocycles. The van der Waals surface area contributed by atoms with Gasteiger partial charge in [0.15, 0.2) is 5.78 Å². The van der Waals surface area contributed by atoms with Gasteiger partial charge in [-0.1, -0.05) is 15.9 Å². The Balaban J connectivity index is 2.00. The van der Waals surface area contributed by atoms with Crippen molar-refractivity contribution >= 4 is 21.7 Å². The van der Waals surface area contributed by atoms with E-state index in [9.17, 15) is 4.79 Å². The van der Waals surface area contributed by atoms with Crippen LogP contribution >= 0.6 is 15.9 Å². The third-order valence-corrected chi connectivity index (χ3v) is 4.90. The van der Waals surface area contributed by atoms with E-state index in [0.29, 0.717) is 6.61 Å². The van der Waals surface area contributed by atoms with Crippen LogP contribution in [0.3, 0.4) is 0 Å². The molecule has 2 nitrogen and oxygen atoms in total. The fourth-order valence-corrected chi connectivity index (χ4v) is 2.80. The zero-order valence-corrected chi connectivity index (χ0v) is 13.1. The first-order chi connectivity index (χ1) is 9.56. The Hall–Kier alpha value is -1.61. The van der Waals surface area contributed by atoms with E-state index >= 15 is 0 Å². The highest BCUT2D eigenvalue weighted by Crippen LogP contribution is 2.28. The van der Waals surface area contributed by atoms with Crippen LogP contribution in [0.4, 0.5) is 0 Å². The Bertz CT molecular complexity index is 681. The third-order valence-electron chi connectivity index (χ3n) is 3.65. The van der Waals surface area contributed by atoms with Crippen molar-refractivity contribution in [3.63, 3.8) is 0 Å². The number of rotatable bonds is 2. The van der Waals surface area contributed by atoms with Gasteiger partial charge in [0.1, 0.15) is 5.75 Å². The molecule has 0 unspecified atom stereocenters. The quantitative estimate of drug-likeness (QED) is 0.770.